The summed E-state index contributed by atoms with van der Waals surface area (Å²) in [6.07, 6.45) is 1.72. The Morgan fingerprint density at radius 3 is 2.65 bits per heavy atom. The number of benzene rings is 1. The highest BCUT2D eigenvalue weighted by Gasteiger charge is 2.26. The van der Waals surface area contributed by atoms with Gasteiger partial charge < -0.3 is 14.3 Å². The quantitative estimate of drug-likeness (QED) is 0.804. The van der Waals surface area contributed by atoms with Crippen LogP contribution in [-0.4, -0.2) is 32.8 Å². The number of nitrogens with one attached hydrogen (secondary N) is 1. The zero-order valence-corrected chi connectivity index (χ0v) is 14.2. The average molecular weight is 339 g/mol. The summed E-state index contributed by atoms with van der Waals surface area (Å²) in [5.41, 5.74) is -0.687. The number of aliphatic hydroxyl groups is 1. The second-order valence-corrected chi connectivity index (χ2v) is 7.44. The maximum absolute atomic E-state index is 12.4. The van der Waals surface area contributed by atoms with Crippen molar-refractivity contribution >= 4 is 10.0 Å². The lowest BCUT2D eigenvalue weighted by Gasteiger charge is -2.22. The Balaban J connectivity index is 2.09. The SMILES string of the molecule is COc1ccc(S(=O)(=O)NCC(C)(O)Cc2ccco2)c(C)c1. The Morgan fingerprint density at radius 1 is 1.35 bits per heavy atom. The normalized spacial score (nSPS) is 14.4. The number of furan rings is 1. The summed E-state index contributed by atoms with van der Waals surface area (Å²) in [6, 6.07) is 8.17. The van der Waals surface area contributed by atoms with Crippen LogP contribution in [0.2, 0.25) is 0 Å². The molecule has 0 aliphatic carbocycles. The molecule has 0 fully saturated rings. The van der Waals surface area contributed by atoms with Crippen molar-refractivity contribution in [1.82, 2.24) is 4.72 Å². The molecule has 2 N–H and O–H groups in total. The molecule has 0 bridgehead atoms. The van der Waals surface area contributed by atoms with Gasteiger partial charge in [-0.3, -0.25) is 0 Å². The van der Waals surface area contributed by atoms with E-state index >= 15 is 0 Å². The molecule has 1 aromatic carbocycles. The fourth-order valence-electron chi connectivity index (χ4n) is 2.23. The molecule has 1 unspecified atom stereocenters. The third kappa shape index (κ3) is 4.57. The minimum atomic E-state index is -3.72. The Kier molecular flexibility index (Phi) is 5.13. The summed E-state index contributed by atoms with van der Waals surface area (Å²) < 4.78 is 37.5. The molecule has 2 aromatic rings. The molecule has 0 saturated carbocycles. The van der Waals surface area contributed by atoms with E-state index in [1.54, 1.807) is 38.1 Å². The molecule has 1 aromatic heterocycles. The van der Waals surface area contributed by atoms with E-state index in [0.717, 1.165) is 0 Å². The van der Waals surface area contributed by atoms with E-state index in [9.17, 15) is 13.5 Å². The third-order valence-electron chi connectivity index (χ3n) is 3.45. The number of ether oxygens (including phenoxy) is 1. The number of methoxy groups -OCH3 is 1. The molecule has 23 heavy (non-hydrogen) atoms. The van der Waals surface area contributed by atoms with Gasteiger partial charge in [-0.1, -0.05) is 0 Å². The topological polar surface area (TPSA) is 88.8 Å². The molecule has 7 heteroatoms. The zero-order chi connectivity index (χ0) is 17.1. The highest BCUT2D eigenvalue weighted by atomic mass is 32.2. The maximum Gasteiger partial charge on any atom is 0.240 e. The van der Waals surface area contributed by atoms with Crippen molar-refractivity contribution in [2.45, 2.75) is 30.8 Å². The van der Waals surface area contributed by atoms with Gasteiger partial charge in [0.15, 0.2) is 0 Å². The number of rotatable bonds is 7. The highest BCUT2D eigenvalue weighted by Crippen LogP contribution is 2.21. The average Bonchev–Trinajstić information content (AvgIpc) is 2.97. The second-order valence-electron chi connectivity index (χ2n) is 5.71. The molecule has 0 amide bonds. The molecule has 2 rings (SSSR count). The van der Waals surface area contributed by atoms with Crippen molar-refractivity contribution < 1.29 is 22.7 Å². The van der Waals surface area contributed by atoms with Gasteiger partial charge in [0.05, 0.1) is 23.9 Å². The summed E-state index contributed by atoms with van der Waals surface area (Å²) in [5, 5.41) is 10.3. The monoisotopic (exact) mass is 339 g/mol. The number of hydrogen-bond donors (Lipinski definition) is 2. The number of hydrogen-bond acceptors (Lipinski definition) is 5. The third-order valence-corrected chi connectivity index (χ3v) is 5.01. The Hall–Kier alpha value is -1.83. The molecule has 0 aliphatic rings. The molecular formula is C16H21NO5S. The van der Waals surface area contributed by atoms with Gasteiger partial charge >= 0.3 is 0 Å². The smallest absolute Gasteiger partial charge is 0.240 e. The van der Waals surface area contributed by atoms with Crippen LogP contribution in [0.25, 0.3) is 0 Å². The molecule has 6 nitrogen and oxygen atoms in total. The summed E-state index contributed by atoms with van der Waals surface area (Å²) in [4.78, 5) is 0.159. The van der Waals surface area contributed by atoms with Crippen LogP contribution < -0.4 is 9.46 Å². The van der Waals surface area contributed by atoms with Crippen molar-refractivity contribution in [2.75, 3.05) is 13.7 Å². The first-order chi connectivity index (χ1) is 10.7. The van der Waals surface area contributed by atoms with Crippen LogP contribution >= 0.6 is 0 Å². The first kappa shape index (κ1) is 17.5. The lowest BCUT2D eigenvalue weighted by atomic mass is 10.0. The Morgan fingerprint density at radius 2 is 2.09 bits per heavy atom. The standard InChI is InChI=1S/C16H21NO5S/c1-12-9-13(21-3)6-7-15(12)23(19,20)17-11-16(2,18)10-14-5-4-8-22-14/h4-9,17-18H,10-11H2,1-3H3. The summed E-state index contributed by atoms with van der Waals surface area (Å²) in [7, 11) is -2.20. The van der Waals surface area contributed by atoms with Gasteiger partial charge in [-0.05, 0) is 49.7 Å². The molecule has 1 atom stereocenters. The fraction of sp³-hybridized carbons (Fsp3) is 0.375. The van der Waals surface area contributed by atoms with Crippen LogP contribution in [0, 0.1) is 6.92 Å². The summed E-state index contributed by atoms with van der Waals surface area (Å²) in [5.74, 6) is 1.18. The largest absolute Gasteiger partial charge is 0.497 e. The van der Waals surface area contributed by atoms with Gasteiger partial charge in [0, 0.05) is 13.0 Å². The lowest BCUT2D eigenvalue weighted by Crippen LogP contribution is -2.42. The van der Waals surface area contributed by atoms with Gasteiger partial charge in [0.1, 0.15) is 11.5 Å². The van der Waals surface area contributed by atoms with E-state index in [2.05, 4.69) is 4.72 Å². The van der Waals surface area contributed by atoms with Crippen LogP contribution in [0.5, 0.6) is 5.75 Å². The van der Waals surface area contributed by atoms with Crippen LogP contribution in [-0.2, 0) is 16.4 Å². The predicted octanol–water partition coefficient (Wildman–Crippen LogP) is 1.87. The van der Waals surface area contributed by atoms with Crippen LogP contribution in [0.1, 0.15) is 18.2 Å². The minimum Gasteiger partial charge on any atom is -0.497 e. The second kappa shape index (κ2) is 6.74. The van der Waals surface area contributed by atoms with Crippen molar-refractivity contribution in [3.05, 3.63) is 47.9 Å². The first-order valence-corrected chi connectivity index (χ1v) is 8.61. The molecule has 1 heterocycles. The van der Waals surface area contributed by atoms with Gasteiger partial charge in [-0.25, -0.2) is 13.1 Å². The van der Waals surface area contributed by atoms with E-state index in [1.165, 1.54) is 19.4 Å². The number of aryl methyl sites for hydroxylation is 1. The van der Waals surface area contributed by atoms with Gasteiger partial charge in [-0.2, -0.15) is 0 Å². The van der Waals surface area contributed by atoms with Crippen LogP contribution in [0.3, 0.4) is 0 Å². The Labute approximate surface area is 136 Å². The van der Waals surface area contributed by atoms with Gasteiger partial charge in [-0.15, -0.1) is 0 Å². The van der Waals surface area contributed by atoms with Crippen molar-refractivity contribution in [1.29, 1.82) is 0 Å². The highest BCUT2D eigenvalue weighted by molar-refractivity contribution is 7.89. The van der Waals surface area contributed by atoms with Gasteiger partial charge in [0.25, 0.3) is 0 Å². The molecule has 0 radical (unpaired) electrons. The predicted molar refractivity (Wildman–Crippen MR) is 86.0 cm³/mol. The van der Waals surface area contributed by atoms with Crippen molar-refractivity contribution in [3.8, 4) is 5.75 Å². The van der Waals surface area contributed by atoms with E-state index in [-0.39, 0.29) is 17.9 Å². The fourth-order valence-corrected chi connectivity index (χ4v) is 3.62. The van der Waals surface area contributed by atoms with Crippen molar-refractivity contribution in [2.24, 2.45) is 0 Å². The maximum atomic E-state index is 12.4. The van der Waals surface area contributed by atoms with E-state index < -0.39 is 15.6 Å². The molecule has 0 aliphatic heterocycles. The van der Waals surface area contributed by atoms with E-state index in [1.807, 2.05) is 0 Å². The lowest BCUT2D eigenvalue weighted by molar-refractivity contribution is 0.0603. The minimum absolute atomic E-state index is 0.124. The van der Waals surface area contributed by atoms with E-state index in [4.69, 9.17) is 9.15 Å². The zero-order valence-electron chi connectivity index (χ0n) is 13.4. The summed E-state index contributed by atoms with van der Waals surface area (Å²) >= 11 is 0. The van der Waals surface area contributed by atoms with Crippen LogP contribution in [0.15, 0.2) is 45.9 Å². The van der Waals surface area contributed by atoms with Crippen LogP contribution in [0.4, 0.5) is 0 Å². The van der Waals surface area contributed by atoms with E-state index in [0.29, 0.717) is 17.1 Å². The number of sulfonamides is 1. The van der Waals surface area contributed by atoms with Crippen molar-refractivity contribution in [3.63, 3.8) is 0 Å². The molecule has 0 saturated heterocycles. The molecule has 0 spiro atoms. The summed E-state index contributed by atoms with van der Waals surface area (Å²) in [6.45, 7) is 3.12. The molecule has 126 valence electrons. The molecular weight excluding hydrogens is 318 g/mol. The Bertz CT molecular complexity index is 751. The first-order valence-electron chi connectivity index (χ1n) is 7.12. The van der Waals surface area contributed by atoms with Gasteiger partial charge in [0.2, 0.25) is 10.0 Å².